The number of hydrogen-bond donors (Lipinski definition) is 0. The maximum atomic E-state index is 12.7. The van der Waals surface area contributed by atoms with Crippen LogP contribution in [0.5, 0.6) is 0 Å². The van der Waals surface area contributed by atoms with Crippen molar-refractivity contribution in [3.63, 3.8) is 0 Å². The van der Waals surface area contributed by atoms with Crippen LogP contribution in [0.1, 0.15) is 10.6 Å². The molecule has 0 aliphatic heterocycles. The first-order valence-corrected chi connectivity index (χ1v) is 9.05. The van der Waals surface area contributed by atoms with Gasteiger partial charge in [0.2, 0.25) is 0 Å². The third-order valence-corrected chi connectivity index (χ3v) is 4.86. The molecule has 0 unspecified atom stereocenters. The lowest BCUT2D eigenvalue weighted by Crippen LogP contribution is -2.28. The molecule has 0 aliphatic rings. The minimum absolute atomic E-state index is 0.136. The fourth-order valence-electron chi connectivity index (χ4n) is 2.65. The first-order valence-electron chi connectivity index (χ1n) is 8.23. The van der Waals surface area contributed by atoms with Gasteiger partial charge in [-0.05, 0) is 24.6 Å². The Balaban J connectivity index is 1.64. The molecule has 0 radical (unpaired) electrons. The number of rotatable bonds is 5. The molecule has 136 valence electrons. The number of aryl methyl sites for hydroxylation is 1. The molecular weight excluding hydrogens is 366 g/mol. The van der Waals surface area contributed by atoms with E-state index in [-0.39, 0.29) is 18.7 Å². The van der Waals surface area contributed by atoms with Gasteiger partial charge >= 0.3 is 5.97 Å². The highest BCUT2D eigenvalue weighted by atomic mass is 32.1. The second kappa shape index (κ2) is 7.16. The fourth-order valence-corrected chi connectivity index (χ4v) is 3.55. The Bertz CT molecular complexity index is 1150. The van der Waals surface area contributed by atoms with Crippen molar-refractivity contribution in [2.24, 2.45) is 0 Å². The van der Waals surface area contributed by atoms with Gasteiger partial charge in [-0.3, -0.25) is 9.59 Å². The van der Waals surface area contributed by atoms with E-state index >= 15 is 0 Å². The predicted octanol–water partition coefficient (Wildman–Crippen LogP) is 3.16. The lowest BCUT2D eigenvalue weighted by atomic mass is 10.2. The van der Waals surface area contributed by atoms with Gasteiger partial charge in [0.05, 0.1) is 16.0 Å². The van der Waals surface area contributed by atoms with Gasteiger partial charge in [-0.1, -0.05) is 30.3 Å². The first-order chi connectivity index (χ1) is 13.1. The van der Waals surface area contributed by atoms with Crippen LogP contribution in [0.4, 0.5) is 0 Å². The number of nitrogens with zero attached hydrogens (tertiary/aromatic N) is 3. The van der Waals surface area contributed by atoms with Crippen molar-refractivity contribution in [2.45, 2.75) is 20.1 Å². The zero-order chi connectivity index (χ0) is 18.8. The van der Waals surface area contributed by atoms with Gasteiger partial charge in [-0.15, -0.1) is 11.3 Å². The maximum Gasteiger partial charge on any atom is 0.328 e. The van der Waals surface area contributed by atoms with Crippen LogP contribution in [-0.2, 0) is 22.7 Å². The molecule has 0 spiro atoms. The number of furan rings is 1. The number of fused-ring (bicyclic) bond motifs is 1. The molecule has 3 aromatic heterocycles. The predicted molar refractivity (Wildman–Crippen MR) is 100 cm³/mol. The molecule has 4 rings (SSSR count). The summed E-state index contributed by atoms with van der Waals surface area (Å²) in [6.45, 7) is 1.65. The number of hydrogen-bond acceptors (Lipinski definition) is 7. The van der Waals surface area contributed by atoms with E-state index in [9.17, 15) is 9.59 Å². The average molecular weight is 381 g/mol. The zero-order valence-corrected chi connectivity index (χ0v) is 15.2. The highest BCUT2D eigenvalue weighted by molar-refractivity contribution is 7.19. The molecule has 27 heavy (non-hydrogen) atoms. The SMILES string of the molecule is Cc1nc2c(=O)n(CC(=O)OCc3ccccc3)nc(-c3ccco3)c2s1. The number of ether oxygens (including phenoxy) is 1. The standard InChI is InChI=1S/C19H15N3O4S/c1-12-20-17-18(27-12)16(14-8-5-9-25-14)21-22(19(17)24)10-15(23)26-11-13-6-3-2-4-7-13/h2-9H,10-11H2,1H3. The molecule has 7 nitrogen and oxygen atoms in total. The van der Waals surface area contributed by atoms with Gasteiger partial charge in [0.1, 0.15) is 18.8 Å². The van der Waals surface area contributed by atoms with Crippen LogP contribution < -0.4 is 5.56 Å². The molecule has 0 N–H and O–H groups in total. The summed E-state index contributed by atoms with van der Waals surface area (Å²) in [7, 11) is 0. The van der Waals surface area contributed by atoms with E-state index in [0.717, 1.165) is 15.3 Å². The van der Waals surface area contributed by atoms with E-state index in [1.54, 1.807) is 12.1 Å². The number of esters is 1. The normalized spacial score (nSPS) is 11.0. The van der Waals surface area contributed by atoms with Crippen LogP contribution in [0.25, 0.3) is 21.7 Å². The molecular formula is C19H15N3O4S. The smallest absolute Gasteiger partial charge is 0.328 e. The number of carbonyl (C=O) groups excluding carboxylic acids is 1. The van der Waals surface area contributed by atoms with Gasteiger partial charge in [0.15, 0.2) is 11.3 Å². The van der Waals surface area contributed by atoms with Crippen molar-refractivity contribution >= 4 is 27.5 Å². The summed E-state index contributed by atoms with van der Waals surface area (Å²) in [5, 5.41) is 5.07. The van der Waals surface area contributed by atoms with Crippen molar-refractivity contribution < 1.29 is 13.9 Å². The largest absolute Gasteiger partial charge is 0.463 e. The van der Waals surface area contributed by atoms with Crippen LogP contribution >= 0.6 is 11.3 Å². The number of thiazole rings is 1. The molecule has 0 fully saturated rings. The van der Waals surface area contributed by atoms with Crippen molar-refractivity contribution in [3.05, 3.63) is 69.7 Å². The van der Waals surface area contributed by atoms with Gasteiger partial charge in [-0.25, -0.2) is 9.67 Å². The van der Waals surface area contributed by atoms with Crippen molar-refractivity contribution in [1.29, 1.82) is 0 Å². The first kappa shape index (κ1) is 17.2. The summed E-state index contributed by atoms with van der Waals surface area (Å²) < 4.78 is 12.4. The highest BCUT2D eigenvalue weighted by Crippen LogP contribution is 2.29. The molecule has 8 heteroatoms. The summed E-state index contributed by atoms with van der Waals surface area (Å²) in [6, 6.07) is 12.8. The van der Waals surface area contributed by atoms with Gasteiger partial charge in [0.25, 0.3) is 5.56 Å². The molecule has 0 amide bonds. The summed E-state index contributed by atoms with van der Waals surface area (Å²) in [4.78, 5) is 29.2. The Morgan fingerprint density at radius 3 is 2.78 bits per heavy atom. The van der Waals surface area contributed by atoms with E-state index in [2.05, 4.69) is 10.1 Å². The Morgan fingerprint density at radius 1 is 1.22 bits per heavy atom. The highest BCUT2D eigenvalue weighted by Gasteiger charge is 2.19. The summed E-state index contributed by atoms with van der Waals surface area (Å²) in [5.41, 5.74) is 1.19. The van der Waals surface area contributed by atoms with Gasteiger partial charge < -0.3 is 9.15 Å². The Labute approximate surface area is 157 Å². The minimum Gasteiger partial charge on any atom is -0.463 e. The van der Waals surface area contributed by atoms with Crippen LogP contribution in [0.3, 0.4) is 0 Å². The van der Waals surface area contributed by atoms with Crippen LogP contribution in [0.2, 0.25) is 0 Å². The minimum atomic E-state index is -0.551. The van der Waals surface area contributed by atoms with Crippen molar-refractivity contribution in [2.75, 3.05) is 0 Å². The summed E-state index contributed by atoms with van der Waals surface area (Å²) >= 11 is 1.36. The van der Waals surface area contributed by atoms with E-state index in [0.29, 0.717) is 16.2 Å². The second-order valence-corrected chi connectivity index (χ2v) is 7.05. The molecule has 4 aromatic rings. The monoisotopic (exact) mass is 381 g/mol. The maximum absolute atomic E-state index is 12.7. The summed E-state index contributed by atoms with van der Waals surface area (Å²) in [6.07, 6.45) is 1.53. The second-order valence-electron chi connectivity index (χ2n) is 5.85. The third-order valence-electron chi connectivity index (χ3n) is 3.88. The Hall–Kier alpha value is -3.26. The molecule has 0 aliphatic carbocycles. The number of benzene rings is 1. The van der Waals surface area contributed by atoms with E-state index < -0.39 is 11.5 Å². The van der Waals surface area contributed by atoms with Crippen LogP contribution in [0, 0.1) is 6.92 Å². The average Bonchev–Trinajstić information content (AvgIpc) is 3.33. The summed E-state index contributed by atoms with van der Waals surface area (Å²) in [5.74, 6) is -0.0415. The van der Waals surface area contributed by atoms with E-state index in [1.165, 1.54) is 17.6 Å². The van der Waals surface area contributed by atoms with E-state index in [1.807, 2.05) is 37.3 Å². The van der Waals surface area contributed by atoms with Gasteiger partial charge in [0, 0.05) is 0 Å². The quantitative estimate of drug-likeness (QED) is 0.494. The van der Waals surface area contributed by atoms with Crippen molar-refractivity contribution in [1.82, 2.24) is 14.8 Å². The Kier molecular flexibility index (Phi) is 4.55. The number of carbonyl (C=O) groups is 1. The topological polar surface area (TPSA) is 87.2 Å². The molecule has 0 bridgehead atoms. The van der Waals surface area contributed by atoms with Crippen LogP contribution in [0.15, 0.2) is 57.9 Å². The Morgan fingerprint density at radius 2 is 2.04 bits per heavy atom. The third kappa shape index (κ3) is 3.52. The van der Waals surface area contributed by atoms with Gasteiger partial charge in [-0.2, -0.15) is 5.10 Å². The molecule has 0 saturated heterocycles. The lowest BCUT2D eigenvalue weighted by Gasteiger charge is -2.08. The number of aromatic nitrogens is 3. The molecule has 1 aromatic carbocycles. The van der Waals surface area contributed by atoms with Crippen molar-refractivity contribution in [3.8, 4) is 11.5 Å². The molecule has 0 saturated carbocycles. The van der Waals surface area contributed by atoms with Crippen LogP contribution in [-0.4, -0.2) is 20.7 Å². The zero-order valence-electron chi connectivity index (χ0n) is 14.4. The lowest BCUT2D eigenvalue weighted by molar-refractivity contribution is -0.146. The fraction of sp³-hybridized carbons (Fsp3) is 0.158. The molecule has 3 heterocycles. The molecule has 0 atom stereocenters. The van der Waals surface area contributed by atoms with E-state index in [4.69, 9.17) is 9.15 Å².